The maximum absolute atomic E-state index is 14.0. The lowest BCUT2D eigenvalue weighted by atomic mass is 9.72. The zero-order valence-corrected chi connectivity index (χ0v) is 32.1. The highest BCUT2D eigenvalue weighted by atomic mass is 16.7. The summed E-state index contributed by atoms with van der Waals surface area (Å²) in [7, 11) is 1.30. The predicted octanol–water partition coefficient (Wildman–Crippen LogP) is 3.13. The molecular formula is C42H44N2O14. The number of terminal acetylenes is 1. The Kier molecular flexibility index (Phi) is 11.9. The highest BCUT2D eigenvalue weighted by Crippen LogP contribution is 2.52. The summed E-state index contributed by atoms with van der Waals surface area (Å²) in [5, 5.41) is 61.2. The number of anilines is 1. The van der Waals surface area contributed by atoms with Gasteiger partial charge in [0, 0.05) is 47.6 Å². The SMILES string of the molecule is C#CCC(OC(=O)N[C@H]1CC(O[C@H]2C[C@](O)(C(=O)CO)Cc3c(O)c4c(c(O)c32)C(=O)c2c(OC)cccc2C4=O)O[C@@H](C)[C@H]1O)c1ccc(NC(=O)C(C)C)cc1. The summed E-state index contributed by atoms with van der Waals surface area (Å²) < 4.78 is 23.1. The summed E-state index contributed by atoms with van der Waals surface area (Å²) in [6, 6.07) is 9.79. The third-order valence-electron chi connectivity index (χ3n) is 10.7. The zero-order chi connectivity index (χ0) is 42.2. The molecule has 2 amide bonds. The van der Waals surface area contributed by atoms with Crippen LogP contribution in [0.15, 0.2) is 42.5 Å². The Morgan fingerprint density at radius 2 is 1.72 bits per heavy atom. The van der Waals surface area contributed by atoms with E-state index in [2.05, 4.69) is 16.6 Å². The number of hydrogen-bond acceptors (Lipinski definition) is 14. The summed E-state index contributed by atoms with van der Waals surface area (Å²) in [5.74, 6) is -2.14. The molecule has 1 heterocycles. The maximum Gasteiger partial charge on any atom is 0.408 e. The Balaban J connectivity index is 1.27. The topological polar surface area (TPSA) is 247 Å². The van der Waals surface area contributed by atoms with Gasteiger partial charge in [0.2, 0.25) is 11.7 Å². The van der Waals surface area contributed by atoms with Crippen molar-refractivity contribution in [3.63, 3.8) is 0 Å². The maximum atomic E-state index is 14.0. The lowest BCUT2D eigenvalue weighted by Crippen LogP contribution is -2.56. The van der Waals surface area contributed by atoms with Crippen molar-refractivity contribution in [2.45, 2.75) is 88.8 Å². The highest BCUT2D eigenvalue weighted by Gasteiger charge is 2.50. The van der Waals surface area contributed by atoms with E-state index in [4.69, 9.17) is 25.4 Å². The fraction of sp³-hybridized carbons (Fsp3) is 0.405. The number of aliphatic hydroxyl groups is 3. The number of rotatable bonds is 11. The zero-order valence-electron chi connectivity index (χ0n) is 32.1. The number of methoxy groups -OCH3 is 1. The van der Waals surface area contributed by atoms with Gasteiger partial charge in [0.25, 0.3) is 0 Å². The minimum atomic E-state index is -2.38. The number of Topliss-reactive ketones (excluding diaryl/α,β-unsaturated/α-hetero) is 1. The molecule has 1 fully saturated rings. The first-order valence-electron chi connectivity index (χ1n) is 18.6. The quantitative estimate of drug-likeness (QED) is 0.0851. The van der Waals surface area contributed by atoms with E-state index in [9.17, 15) is 49.5 Å². The molecule has 7 atom stereocenters. The van der Waals surface area contributed by atoms with Crippen LogP contribution in [0.1, 0.15) is 101 Å². The number of phenols is 2. The van der Waals surface area contributed by atoms with Crippen LogP contribution in [0.25, 0.3) is 0 Å². The van der Waals surface area contributed by atoms with Crippen molar-refractivity contribution >= 4 is 35.0 Å². The van der Waals surface area contributed by atoms with E-state index >= 15 is 0 Å². The fourth-order valence-corrected chi connectivity index (χ4v) is 7.58. The van der Waals surface area contributed by atoms with Crippen molar-refractivity contribution < 1.29 is 68.5 Å². The Labute approximate surface area is 333 Å². The number of benzene rings is 3. The van der Waals surface area contributed by atoms with Crippen molar-refractivity contribution in [3.8, 4) is 29.6 Å². The second-order valence-electron chi connectivity index (χ2n) is 14.8. The number of carbonyl (C=O) groups is 5. The molecule has 16 nitrogen and oxygen atoms in total. The molecule has 0 bridgehead atoms. The second-order valence-corrected chi connectivity index (χ2v) is 14.8. The number of nitrogens with one attached hydrogen (secondary N) is 2. The predicted molar refractivity (Wildman–Crippen MR) is 203 cm³/mol. The van der Waals surface area contributed by atoms with E-state index in [0.717, 1.165) is 0 Å². The van der Waals surface area contributed by atoms with Gasteiger partial charge in [-0.05, 0) is 30.7 Å². The first kappa shape index (κ1) is 41.8. The number of alkyl carbamates (subject to hydrolysis) is 1. The van der Waals surface area contributed by atoms with E-state index in [1.54, 1.807) is 38.1 Å². The smallest absolute Gasteiger partial charge is 0.408 e. The molecule has 3 aromatic rings. The molecule has 306 valence electrons. The molecule has 0 spiro atoms. The number of phenolic OH excluding ortho intramolecular Hbond substituents is 2. The van der Waals surface area contributed by atoms with Crippen LogP contribution in [-0.4, -0.2) is 98.7 Å². The van der Waals surface area contributed by atoms with Gasteiger partial charge in [0.15, 0.2) is 17.9 Å². The second kappa shape index (κ2) is 16.6. The van der Waals surface area contributed by atoms with Gasteiger partial charge >= 0.3 is 6.09 Å². The first-order chi connectivity index (χ1) is 27.5. The largest absolute Gasteiger partial charge is 0.507 e. The van der Waals surface area contributed by atoms with Crippen LogP contribution < -0.4 is 15.4 Å². The number of ether oxygens (including phenoxy) is 4. The van der Waals surface area contributed by atoms with E-state index in [1.807, 2.05) is 0 Å². The molecule has 3 aliphatic rings. The van der Waals surface area contributed by atoms with E-state index in [-0.39, 0.29) is 52.7 Å². The van der Waals surface area contributed by atoms with Crippen LogP contribution in [0.3, 0.4) is 0 Å². The number of carbonyl (C=O) groups excluding carboxylic acids is 5. The van der Waals surface area contributed by atoms with Gasteiger partial charge in [0.05, 0.1) is 48.5 Å². The molecule has 3 aromatic carbocycles. The van der Waals surface area contributed by atoms with Crippen LogP contribution in [0.5, 0.6) is 17.2 Å². The minimum absolute atomic E-state index is 0.00729. The third kappa shape index (κ3) is 7.74. The number of ketones is 3. The molecule has 6 rings (SSSR count). The standard InChI is InChI=1S/C42H44N2O14/c1-6-8-26(21-11-13-22(14-12-21)43-40(52)19(2)3)58-41(53)44-25-15-30(56-20(4)35(25)47)57-28-17-42(54,29(46)18-45)16-24-32(28)39(51)34-33(37(24)49)36(48)23-9-7-10-27(55-5)31(23)38(34)50/h1,7,9-14,19-20,25-26,28,30,35,45,47,49,51,54H,8,15-18H2,2-5H3,(H,43,52)(H,44,53)/t20-,25-,26?,28-,30?,35+,42-/m0/s1. The van der Waals surface area contributed by atoms with Crippen molar-refractivity contribution in [1.29, 1.82) is 0 Å². The summed E-state index contributed by atoms with van der Waals surface area (Å²) in [5.41, 5.74) is -3.15. The molecule has 2 unspecified atom stereocenters. The van der Waals surface area contributed by atoms with E-state index in [0.29, 0.717) is 11.3 Å². The Morgan fingerprint density at radius 1 is 1.03 bits per heavy atom. The number of aliphatic hydroxyl groups excluding tert-OH is 2. The van der Waals surface area contributed by atoms with E-state index in [1.165, 1.54) is 32.2 Å². The van der Waals surface area contributed by atoms with Gasteiger partial charge < -0.3 is 55.1 Å². The van der Waals surface area contributed by atoms with Gasteiger partial charge in [-0.25, -0.2) is 4.79 Å². The molecule has 7 N–H and O–H groups in total. The number of amides is 2. The van der Waals surface area contributed by atoms with Crippen LogP contribution in [-0.2, 0) is 30.2 Å². The molecule has 1 saturated heterocycles. The van der Waals surface area contributed by atoms with Crippen LogP contribution in [0, 0.1) is 18.3 Å². The monoisotopic (exact) mass is 800 g/mol. The summed E-state index contributed by atoms with van der Waals surface area (Å²) in [4.78, 5) is 66.1. The number of hydrogen-bond donors (Lipinski definition) is 7. The number of fused-ring (bicyclic) bond motifs is 3. The summed E-state index contributed by atoms with van der Waals surface area (Å²) in [6.07, 6.45) is -2.93. The van der Waals surface area contributed by atoms with Crippen molar-refractivity contribution in [2.24, 2.45) is 5.92 Å². The van der Waals surface area contributed by atoms with Crippen molar-refractivity contribution in [2.75, 3.05) is 19.0 Å². The minimum Gasteiger partial charge on any atom is -0.507 e. The molecule has 58 heavy (non-hydrogen) atoms. The van der Waals surface area contributed by atoms with Gasteiger partial charge in [0.1, 0.15) is 41.7 Å². The van der Waals surface area contributed by atoms with Crippen LogP contribution in [0.2, 0.25) is 0 Å². The molecule has 0 aromatic heterocycles. The molecule has 0 radical (unpaired) electrons. The number of aromatic hydroxyl groups is 2. The van der Waals surface area contributed by atoms with Gasteiger partial charge in [-0.1, -0.05) is 38.1 Å². The summed E-state index contributed by atoms with van der Waals surface area (Å²) >= 11 is 0. The molecule has 0 saturated carbocycles. The van der Waals surface area contributed by atoms with Crippen LogP contribution >= 0.6 is 0 Å². The highest BCUT2D eigenvalue weighted by molar-refractivity contribution is 6.31. The Morgan fingerprint density at radius 3 is 2.36 bits per heavy atom. The molecule has 2 aliphatic carbocycles. The lowest BCUT2D eigenvalue weighted by Gasteiger charge is -2.42. The molecule has 1 aliphatic heterocycles. The average Bonchev–Trinajstić information content (AvgIpc) is 3.19. The van der Waals surface area contributed by atoms with Crippen molar-refractivity contribution in [1.82, 2.24) is 5.32 Å². The van der Waals surface area contributed by atoms with Crippen molar-refractivity contribution in [3.05, 3.63) is 81.4 Å². The average molecular weight is 801 g/mol. The molecular weight excluding hydrogens is 756 g/mol. The Bertz CT molecular complexity index is 2190. The van der Waals surface area contributed by atoms with Crippen LogP contribution in [0.4, 0.5) is 10.5 Å². The normalized spacial score (nSPS) is 24.1. The lowest BCUT2D eigenvalue weighted by molar-refractivity contribution is -0.249. The van der Waals surface area contributed by atoms with Gasteiger partial charge in [-0.15, -0.1) is 12.3 Å². The first-order valence-corrected chi connectivity index (χ1v) is 18.6. The van der Waals surface area contributed by atoms with Gasteiger partial charge in [-0.2, -0.15) is 0 Å². The van der Waals surface area contributed by atoms with Gasteiger partial charge in [-0.3, -0.25) is 19.2 Å². The fourth-order valence-electron chi connectivity index (χ4n) is 7.58. The molecule has 16 heteroatoms. The third-order valence-corrected chi connectivity index (χ3v) is 10.7. The summed E-state index contributed by atoms with van der Waals surface area (Å²) in [6.45, 7) is 3.91. The Hall–Kier alpha value is -5.83. The van der Waals surface area contributed by atoms with E-state index < -0.39 is 108 Å².